The van der Waals surface area contributed by atoms with Crippen molar-refractivity contribution in [1.82, 2.24) is 14.5 Å². The predicted molar refractivity (Wildman–Crippen MR) is 138 cm³/mol. The maximum absolute atomic E-state index is 12.4. The number of hydrogen-bond acceptors (Lipinski definition) is 7. The first-order valence-corrected chi connectivity index (χ1v) is 13.0. The Labute approximate surface area is 208 Å². The van der Waals surface area contributed by atoms with Crippen molar-refractivity contribution in [3.05, 3.63) is 59.4 Å². The molecule has 2 heterocycles. The molecule has 0 unspecified atom stereocenters. The van der Waals surface area contributed by atoms with Gasteiger partial charge in [-0.25, -0.2) is 9.97 Å². The van der Waals surface area contributed by atoms with Crippen LogP contribution in [-0.2, 0) is 16.6 Å². The predicted octanol–water partition coefficient (Wildman–Crippen LogP) is 5.45. The highest BCUT2D eigenvalue weighted by Crippen LogP contribution is 2.31. The lowest BCUT2D eigenvalue weighted by atomic mass is 10.2. The summed E-state index contributed by atoms with van der Waals surface area (Å²) in [6.45, 7) is 1.92. The van der Waals surface area contributed by atoms with Crippen molar-refractivity contribution >= 4 is 79.9 Å². The molecule has 2 N–H and O–H groups in total. The minimum Gasteiger partial charge on any atom is -0.329 e. The Morgan fingerprint density at radius 1 is 1.09 bits per heavy atom. The summed E-state index contributed by atoms with van der Waals surface area (Å²) >= 11 is 10.3. The van der Waals surface area contributed by atoms with Crippen molar-refractivity contribution < 1.29 is 9.59 Å². The second kappa shape index (κ2) is 10.6. The molecule has 33 heavy (non-hydrogen) atoms. The number of fused-ring (bicyclic) bond motifs is 1. The molecule has 0 atom stereocenters. The standard InChI is InChI=1S/C22H20ClN5O2S3/c1-13-3-4-14(23)9-17(13)26-20(30)12-32-22-27-16-6-5-15(10-18(16)33-22)25-19(29)11-31-21-24-7-8-28(21)2/h3-10H,11-12H2,1-2H3,(H,25,29)(H,26,30). The fourth-order valence-electron chi connectivity index (χ4n) is 2.90. The van der Waals surface area contributed by atoms with Gasteiger partial charge in [-0.15, -0.1) is 11.3 Å². The second-order valence-electron chi connectivity index (χ2n) is 7.12. The van der Waals surface area contributed by atoms with Gasteiger partial charge in [-0.05, 0) is 42.8 Å². The van der Waals surface area contributed by atoms with E-state index in [1.807, 2.05) is 49.0 Å². The smallest absolute Gasteiger partial charge is 0.234 e. The third kappa shape index (κ3) is 6.29. The van der Waals surface area contributed by atoms with Gasteiger partial charge in [0.15, 0.2) is 9.50 Å². The lowest BCUT2D eigenvalue weighted by Gasteiger charge is -2.08. The minimum absolute atomic E-state index is 0.102. The minimum atomic E-state index is -0.122. The van der Waals surface area contributed by atoms with Crippen LogP contribution in [0.4, 0.5) is 11.4 Å². The fourth-order valence-corrected chi connectivity index (χ4v) is 5.72. The van der Waals surface area contributed by atoms with Crippen molar-refractivity contribution in [2.24, 2.45) is 7.05 Å². The molecule has 0 aliphatic heterocycles. The summed E-state index contributed by atoms with van der Waals surface area (Å²) < 4.78 is 3.60. The Hall–Kier alpha value is -2.53. The average molecular weight is 518 g/mol. The molecule has 2 amide bonds. The normalized spacial score (nSPS) is 11.0. The molecule has 0 saturated carbocycles. The van der Waals surface area contributed by atoms with E-state index in [1.165, 1.54) is 34.9 Å². The van der Waals surface area contributed by atoms with Gasteiger partial charge in [0.2, 0.25) is 11.8 Å². The number of benzene rings is 2. The van der Waals surface area contributed by atoms with Crippen molar-refractivity contribution in [3.8, 4) is 0 Å². The number of imidazole rings is 1. The van der Waals surface area contributed by atoms with Gasteiger partial charge in [0.05, 0.1) is 21.7 Å². The van der Waals surface area contributed by atoms with Gasteiger partial charge in [-0.3, -0.25) is 9.59 Å². The summed E-state index contributed by atoms with van der Waals surface area (Å²) in [4.78, 5) is 33.4. The number of carbonyl (C=O) groups excluding carboxylic acids is 2. The van der Waals surface area contributed by atoms with Gasteiger partial charge in [0.25, 0.3) is 0 Å². The number of aryl methyl sites for hydroxylation is 2. The quantitative estimate of drug-likeness (QED) is 0.302. The Balaban J connectivity index is 1.32. The van der Waals surface area contributed by atoms with E-state index < -0.39 is 0 Å². The number of thioether (sulfide) groups is 2. The largest absolute Gasteiger partial charge is 0.329 e. The molecule has 0 radical (unpaired) electrons. The van der Waals surface area contributed by atoms with Crippen LogP contribution in [0.5, 0.6) is 0 Å². The molecule has 2 aromatic carbocycles. The van der Waals surface area contributed by atoms with Crippen LogP contribution in [0.3, 0.4) is 0 Å². The van der Waals surface area contributed by atoms with E-state index in [0.29, 0.717) is 16.4 Å². The van der Waals surface area contributed by atoms with Crippen molar-refractivity contribution in [3.63, 3.8) is 0 Å². The van der Waals surface area contributed by atoms with Crippen LogP contribution in [0.25, 0.3) is 10.2 Å². The molecule has 2 aromatic heterocycles. The summed E-state index contributed by atoms with van der Waals surface area (Å²) in [6, 6.07) is 11.0. The molecule has 0 fully saturated rings. The van der Waals surface area contributed by atoms with E-state index in [9.17, 15) is 9.59 Å². The van der Waals surface area contributed by atoms with Gasteiger partial charge >= 0.3 is 0 Å². The highest BCUT2D eigenvalue weighted by molar-refractivity contribution is 8.01. The number of amides is 2. The molecular weight excluding hydrogens is 498 g/mol. The summed E-state index contributed by atoms with van der Waals surface area (Å²) in [5, 5.41) is 7.17. The highest BCUT2D eigenvalue weighted by atomic mass is 35.5. The number of aromatic nitrogens is 3. The molecule has 11 heteroatoms. The molecule has 4 rings (SSSR count). The van der Waals surface area contributed by atoms with Gasteiger partial charge in [0.1, 0.15) is 0 Å². The van der Waals surface area contributed by atoms with E-state index in [1.54, 1.807) is 18.3 Å². The third-order valence-corrected chi connectivity index (χ3v) is 8.02. The molecule has 170 valence electrons. The molecule has 4 aromatic rings. The summed E-state index contributed by atoms with van der Waals surface area (Å²) in [6.07, 6.45) is 3.55. The number of halogens is 1. The lowest BCUT2D eigenvalue weighted by molar-refractivity contribution is -0.114. The van der Waals surface area contributed by atoms with E-state index >= 15 is 0 Å². The van der Waals surface area contributed by atoms with Crippen molar-refractivity contribution in [1.29, 1.82) is 0 Å². The maximum Gasteiger partial charge on any atom is 0.234 e. The van der Waals surface area contributed by atoms with Crippen LogP contribution < -0.4 is 10.6 Å². The zero-order valence-corrected chi connectivity index (χ0v) is 21.0. The van der Waals surface area contributed by atoms with Gasteiger partial charge in [0, 0.05) is 35.8 Å². The summed E-state index contributed by atoms with van der Waals surface area (Å²) in [5.74, 6) is 0.283. The van der Waals surface area contributed by atoms with Crippen LogP contribution in [0.15, 0.2) is 58.3 Å². The van der Waals surface area contributed by atoms with Crippen LogP contribution in [0, 0.1) is 6.92 Å². The topological polar surface area (TPSA) is 88.9 Å². The Bertz CT molecular complexity index is 1320. The molecule has 0 spiro atoms. The number of carbonyl (C=O) groups is 2. The zero-order chi connectivity index (χ0) is 23.4. The molecule has 7 nitrogen and oxygen atoms in total. The third-order valence-electron chi connectivity index (χ3n) is 4.56. The number of anilines is 2. The molecular formula is C22H20ClN5O2S3. The van der Waals surface area contributed by atoms with Gasteiger partial charge in [-0.1, -0.05) is 41.2 Å². The summed E-state index contributed by atoms with van der Waals surface area (Å²) in [5.41, 5.74) is 3.20. The Morgan fingerprint density at radius 2 is 1.88 bits per heavy atom. The van der Waals surface area contributed by atoms with Gasteiger partial charge < -0.3 is 15.2 Å². The van der Waals surface area contributed by atoms with Crippen LogP contribution in [-0.4, -0.2) is 37.9 Å². The molecule has 0 aliphatic carbocycles. The zero-order valence-electron chi connectivity index (χ0n) is 17.8. The second-order valence-corrected chi connectivity index (χ2v) is 10.7. The Kier molecular flexibility index (Phi) is 7.59. The number of nitrogens with zero attached hydrogens (tertiary/aromatic N) is 3. The average Bonchev–Trinajstić information content (AvgIpc) is 3.38. The molecule has 0 aliphatic rings. The van der Waals surface area contributed by atoms with E-state index in [2.05, 4.69) is 20.6 Å². The maximum atomic E-state index is 12.4. The first kappa shape index (κ1) is 23.6. The van der Waals surface area contributed by atoms with Gasteiger partial charge in [-0.2, -0.15) is 0 Å². The van der Waals surface area contributed by atoms with E-state index in [-0.39, 0.29) is 23.3 Å². The van der Waals surface area contributed by atoms with E-state index in [0.717, 1.165) is 25.3 Å². The first-order chi connectivity index (χ1) is 15.9. The van der Waals surface area contributed by atoms with Crippen LogP contribution in [0.1, 0.15) is 5.56 Å². The number of thiazole rings is 1. The summed E-state index contributed by atoms with van der Waals surface area (Å²) in [7, 11) is 1.89. The first-order valence-electron chi connectivity index (χ1n) is 9.87. The monoisotopic (exact) mass is 517 g/mol. The molecule has 0 bridgehead atoms. The molecule has 0 saturated heterocycles. The number of hydrogen-bond donors (Lipinski definition) is 2. The Morgan fingerprint density at radius 3 is 2.67 bits per heavy atom. The van der Waals surface area contributed by atoms with E-state index in [4.69, 9.17) is 11.6 Å². The lowest BCUT2D eigenvalue weighted by Crippen LogP contribution is -2.14. The van der Waals surface area contributed by atoms with Crippen molar-refractivity contribution in [2.45, 2.75) is 16.4 Å². The van der Waals surface area contributed by atoms with Crippen molar-refractivity contribution in [2.75, 3.05) is 22.1 Å². The van der Waals surface area contributed by atoms with Crippen LogP contribution >= 0.6 is 46.5 Å². The highest BCUT2D eigenvalue weighted by Gasteiger charge is 2.11. The fraction of sp³-hybridized carbons (Fsp3) is 0.182. The number of nitrogens with one attached hydrogen (secondary N) is 2. The SMILES string of the molecule is Cc1ccc(Cl)cc1NC(=O)CSc1nc2ccc(NC(=O)CSc3nccn3C)cc2s1. The van der Waals surface area contributed by atoms with Crippen LogP contribution in [0.2, 0.25) is 5.02 Å². The number of rotatable bonds is 8.